The highest BCUT2D eigenvalue weighted by Crippen LogP contribution is 2.32. The lowest BCUT2D eigenvalue weighted by molar-refractivity contribution is 0.103. The van der Waals surface area contributed by atoms with Crippen molar-refractivity contribution >= 4 is 28.4 Å². The molecular formula is C19H14ClNO3. The summed E-state index contributed by atoms with van der Waals surface area (Å²) in [5.74, 6) is 0.207. The lowest BCUT2D eigenvalue weighted by Gasteiger charge is -2.06. The second kappa shape index (κ2) is 6.03. The predicted molar refractivity (Wildman–Crippen MR) is 91.6 cm³/mol. The number of nitriles is 1. The van der Waals surface area contributed by atoms with E-state index in [1.54, 1.807) is 31.2 Å². The van der Waals surface area contributed by atoms with Gasteiger partial charge < -0.3 is 9.52 Å². The molecule has 0 bridgehead atoms. The molecule has 0 atom stereocenters. The number of aromatic hydroxyl groups is 1. The summed E-state index contributed by atoms with van der Waals surface area (Å²) in [6.45, 7) is 3.55. The average molecular weight is 340 g/mol. The first-order valence-electron chi connectivity index (χ1n) is 7.45. The highest BCUT2D eigenvalue weighted by atomic mass is 35.5. The number of phenols is 1. The molecule has 0 aliphatic heterocycles. The summed E-state index contributed by atoms with van der Waals surface area (Å²) < 4.78 is 5.76. The van der Waals surface area contributed by atoms with Crippen LogP contribution in [0.4, 0.5) is 0 Å². The predicted octanol–water partition coefficient (Wildman–Crippen LogP) is 4.77. The Kier molecular flexibility index (Phi) is 4.04. The van der Waals surface area contributed by atoms with Gasteiger partial charge in [0.25, 0.3) is 0 Å². The number of halogens is 1. The molecule has 120 valence electrons. The molecule has 0 saturated carbocycles. The first-order valence-corrected chi connectivity index (χ1v) is 7.83. The largest absolute Gasteiger partial charge is 0.506 e. The van der Waals surface area contributed by atoms with Gasteiger partial charge in [-0.05, 0) is 42.8 Å². The third kappa shape index (κ3) is 2.53. The molecule has 3 rings (SSSR count). The van der Waals surface area contributed by atoms with Gasteiger partial charge in [-0.3, -0.25) is 4.79 Å². The lowest BCUT2D eigenvalue weighted by atomic mass is 9.96. The van der Waals surface area contributed by atoms with Crippen molar-refractivity contribution in [1.29, 1.82) is 5.26 Å². The van der Waals surface area contributed by atoms with E-state index in [1.807, 2.05) is 13.0 Å². The Bertz CT molecular complexity index is 1010. The number of aryl methyl sites for hydroxylation is 2. The number of hydrogen-bond acceptors (Lipinski definition) is 4. The maximum Gasteiger partial charge on any atom is 0.197 e. The molecule has 0 amide bonds. The fourth-order valence-electron chi connectivity index (χ4n) is 2.76. The molecule has 24 heavy (non-hydrogen) atoms. The Morgan fingerprint density at radius 1 is 1.33 bits per heavy atom. The zero-order valence-corrected chi connectivity index (χ0v) is 13.9. The molecule has 1 N–H and O–H groups in total. The van der Waals surface area contributed by atoms with Gasteiger partial charge in [0.15, 0.2) is 5.78 Å². The zero-order valence-electron chi connectivity index (χ0n) is 13.2. The van der Waals surface area contributed by atoms with Crippen LogP contribution in [0.2, 0.25) is 5.02 Å². The van der Waals surface area contributed by atoms with Crippen LogP contribution in [0.5, 0.6) is 5.75 Å². The Morgan fingerprint density at radius 3 is 2.75 bits per heavy atom. The van der Waals surface area contributed by atoms with E-state index in [0.717, 1.165) is 0 Å². The summed E-state index contributed by atoms with van der Waals surface area (Å²) in [4.78, 5) is 13.0. The standard InChI is InChI=1S/C19H14ClNO3/c1-3-15-17(14-8-13(20)4-5-16(14)24-15)19(23)11-6-10(2)18(22)12(7-11)9-21/h4-8,22H,3H2,1-2H3. The summed E-state index contributed by atoms with van der Waals surface area (Å²) >= 11 is 6.06. The van der Waals surface area contributed by atoms with Gasteiger partial charge in [0.2, 0.25) is 0 Å². The molecule has 0 aliphatic carbocycles. The van der Waals surface area contributed by atoms with Crippen molar-refractivity contribution < 1.29 is 14.3 Å². The van der Waals surface area contributed by atoms with Crippen LogP contribution in [-0.4, -0.2) is 10.9 Å². The van der Waals surface area contributed by atoms with Gasteiger partial charge in [-0.1, -0.05) is 18.5 Å². The van der Waals surface area contributed by atoms with E-state index in [0.29, 0.717) is 44.9 Å². The minimum Gasteiger partial charge on any atom is -0.506 e. The number of benzene rings is 2. The van der Waals surface area contributed by atoms with Crippen molar-refractivity contribution in [2.75, 3.05) is 0 Å². The number of hydrogen-bond donors (Lipinski definition) is 1. The zero-order chi connectivity index (χ0) is 17.4. The molecule has 0 unspecified atom stereocenters. The molecule has 5 heteroatoms. The second-order valence-corrected chi connectivity index (χ2v) is 5.96. The molecule has 1 heterocycles. The van der Waals surface area contributed by atoms with E-state index in [2.05, 4.69) is 0 Å². The van der Waals surface area contributed by atoms with Gasteiger partial charge >= 0.3 is 0 Å². The summed E-state index contributed by atoms with van der Waals surface area (Å²) in [7, 11) is 0. The Hall–Kier alpha value is -2.77. The van der Waals surface area contributed by atoms with Crippen LogP contribution in [0, 0.1) is 18.3 Å². The van der Waals surface area contributed by atoms with Crippen LogP contribution in [0.15, 0.2) is 34.7 Å². The topological polar surface area (TPSA) is 74.2 Å². The van der Waals surface area contributed by atoms with Crippen molar-refractivity contribution in [2.24, 2.45) is 0 Å². The second-order valence-electron chi connectivity index (χ2n) is 5.52. The lowest BCUT2D eigenvalue weighted by Crippen LogP contribution is -2.04. The summed E-state index contributed by atoms with van der Waals surface area (Å²) in [6.07, 6.45) is 0.551. The molecule has 0 aliphatic rings. The van der Waals surface area contributed by atoms with E-state index in [-0.39, 0.29) is 17.1 Å². The van der Waals surface area contributed by atoms with Crippen LogP contribution in [0.25, 0.3) is 11.0 Å². The first-order chi connectivity index (χ1) is 11.5. The van der Waals surface area contributed by atoms with Crippen LogP contribution in [0.1, 0.15) is 39.7 Å². The number of ketones is 1. The number of carbonyl (C=O) groups is 1. The van der Waals surface area contributed by atoms with Crippen molar-refractivity contribution in [3.05, 3.63) is 63.4 Å². The van der Waals surface area contributed by atoms with Crippen molar-refractivity contribution in [2.45, 2.75) is 20.3 Å². The van der Waals surface area contributed by atoms with Crippen molar-refractivity contribution in [1.82, 2.24) is 0 Å². The minimum atomic E-state index is -0.257. The number of carbonyl (C=O) groups excluding carboxylic acids is 1. The van der Waals surface area contributed by atoms with Crippen LogP contribution in [0.3, 0.4) is 0 Å². The number of fused-ring (bicyclic) bond motifs is 1. The Balaban J connectivity index is 2.24. The fourth-order valence-corrected chi connectivity index (χ4v) is 2.93. The normalized spacial score (nSPS) is 10.8. The van der Waals surface area contributed by atoms with Crippen LogP contribution in [-0.2, 0) is 6.42 Å². The van der Waals surface area contributed by atoms with Gasteiger partial charge in [-0.15, -0.1) is 0 Å². The number of nitrogens with zero attached hydrogens (tertiary/aromatic N) is 1. The van der Waals surface area contributed by atoms with E-state index in [1.165, 1.54) is 6.07 Å². The smallest absolute Gasteiger partial charge is 0.197 e. The summed E-state index contributed by atoms with van der Waals surface area (Å²) in [5.41, 5.74) is 1.92. The first kappa shape index (κ1) is 16.1. The molecule has 1 aromatic heterocycles. The Labute approximate surface area is 143 Å². The highest BCUT2D eigenvalue weighted by molar-refractivity contribution is 6.31. The molecule has 0 fully saturated rings. The SMILES string of the molecule is CCc1oc2ccc(Cl)cc2c1C(=O)c1cc(C)c(O)c(C#N)c1. The van der Waals surface area contributed by atoms with Gasteiger partial charge in [-0.25, -0.2) is 0 Å². The van der Waals surface area contributed by atoms with Gasteiger partial charge in [0.05, 0.1) is 11.1 Å². The number of furan rings is 1. The monoisotopic (exact) mass is 339 g/mol. The molecule has 0 saturated heterocycles. The van der Waals surface area contributed by atoms with Crippen molar-refractivity contribution in [3.8, 4) is 11.8 Å². The fraction of sp³-hybridized carbons (Fsp3) is 0.158. The van der Waals surface area contributed by atoms with E-state index in [9.17, 15) is 9.90 Å². The summed E-state index contributed by atoms with van der Waals surface area (Å²) in [5, 5.41) is 20.2. The highest BCUT2D eigenvalue weighted by Gasteiger charge is 2.22. The Morgan fingerprint density at radius 2 is 2.08 bits per heavy atom. The number of rotatable bonds is 3. The van der Waals surface area contributed by atoms with Crippen LogP contribution < -0.4 is 0 Å². The number of phenolic OH excluding ortho intramolecular Hbond substituents is 1. The quantitative estimate of drug-likeness (QED) is 0.698. The van der Waals surface area contributed by atoms with Gasteiger partial charge in [0.1, 0.15) is 23.2 Å². The molecule has 0 radical (unpaired) electrons. The molecule has 0 spiro atoms. The van der Waals surface area contributed by atoms with Gasteiger partial charge in [0, 0.05) is 22.4 Å². The maximum absolute atomic E-state index is 13.0. The van der Waals surface area contributed by atoms with Crippen LogP contribution >= 0.6 is 11.6 Å². The molecule has 3 aromatic rings. The van der Waals surface area contributed by atoms with Crippen molar-refractivity contribution in [3.63, 3.8) is 0 Å². The molecule has 4 nitrogen and oxygen atoms in total. The summed E-state index contributed by atoms with van der Waals surface area (Å²) in [6, 6.07) is 10.0. The molecular weight excluding hydrogens is 326 g/mol. The van der Waals surface area contributed by atoms with E-state index < -0.39 is 0 Å². The maximum atomic E-state index is 13.0. The minimum absolute atomic E-state index is 0.0715. The van der Waals surface area contributed by atoms with E-state index >= 15 is 0 Å². The third-order valence-electron chi connectivity index (χ3n) is 3.95. The average Bonchev–Trinajstić information content (AvgIpc) is 2.94. The van der Waals surface area contributed by atoms with E-state index in [4.69, 9.17) is 21.3 Å². The van der Waals surface area contributed by atoms with Gasteiger partial charge in [-0.2, -0.15) is 5.26 Å². The molecule has 2 aromatic carbocycles. The third-order valence-corrected chi connectivity index (χ3v) is 4.19.